The van der Waals surface area contributed by atoms with Gasteiger partial charge in [-0.05, 0) is 37.6 Å². The predicted octanol–water partition coefficient (Wildman–Crippen LogP) is 3.26. The van der Waals surface area contributed by atoms with Crippen molar-refractivity contribution >= 4 is 34.2 Å². The lowest BCUT2D eigenvalue weighted by Crippen LogP contribution is -2.47. The average molecular weight is 376 g/mol. The second-order valence-electron chi connectivity index (χ2n) is 5.82. The van der Waals surface area contributed by atoms with Crippen LogP contribution in [0.3, 0.4) is 0 Å². The molecule has 1 aromatic carbocycles. The van der Waals surface area contributed by atoms with Gasteiger partial charge in [0.1, 0.15) is 0 Å². The summed E-state index contributed by atoms with van der Waals surface area (Å²) < 4.78 is 1.11. The highest BCUT2D eigenvalue weighted by atomic mass is 79.9. The molecule has 1 atom stereocenters. The number of carbonyl (C=O) groups is 1. The number of hydrogen-bond acceptors (Lipinski definition) is 2. The first kappa shape index (κ1) is 18.5. The largest absolute Gasteiger partial charge is 0.355 e. The molecule has 1 aliphatic carbocycles. The van der Waals surface area contributed by atoms with Crippen molar-refractivity contribution in [1.29, 1.82) is 0 Å². The Bertz CT molecular complexity index is 477. The molecular formula is C16H24BrClN2O. The van der Waals surface area contributed by atoms with Crippen LogP contribution in [-0.4, -0.2) is 26.0 Å². The fourth-order valence-corrected chi connectivity index (χ4v) is 3.22. The smallest absolute Gasteiger partial charge is 0.224 e. The van der Waals surface area contributed by atoms with Crippen LogP contribution in [0.5, 0.6) is 0 Å². The van der Waals surface area contributed by atoms with Crippen LogP contribution in [0, 0.1) is 5.92 Å². The van der Waals surface area contributed by atoms with Gasteiger partial charge in [0.05, 0.1) is 0 Å². The summed E-state index contributed by atoms with van der Waals surface area (Å²) in [6.07, 6.45) is 3.56. The molecule has 0 aromatic heterocycles. The maximum absolute atomic E-state index is 12.1. The molecule has 1 amide bonds. The summed E-state index contributed by atoms with van der Waals surface area (Å²) >= 11 is 3.54. The zero-order chi connectivity index (χ0) is 14.6. The van der Waals surface area contributed by atoms with Crippen molar-refractivity contribution < 1.29 is 4.79 Å². The number of amides is 1. The van der Waals surface area contributed by atoms with Gasteiger partial charge >= 0.3 is 0 Å². The standard InChI is InChI=1S/C16H23BrN2O.ClH/c1-12(10-18-2)15(20)19-11-16(7-4-8-16)13-5-3-6-14(17)9-13;/h3,5-6,9,12,18H,4,7-8,10-11H2,1-2H3,(H,19,20);1H. The van der Waals surface area contributed by atoms with Crippen molar-refractivity contribution in [1.82, 2.24) is 10.6 Å². The van der Waals surface area contributed by atoms with Gasteiger partial charge in [-0.15, -0.1) is 12.4 Å². The van der Waals surface area contributed by atoms with Gasteiger partial charge in [-0.3, -0.25) is 4.79 Å². The molecule has 5 heteroatoms. The van der Waals surface area contributed by atoms with Crippen molar-refractivity contribution in [3.8, 4) is 0 Å². The molecule has 0 spiro atoms. The van der Waals surface area contributed by atoms with Crippen molar-refractivity contribution in [2.45, 2.75) is 31.6 Å². The summed E-state index contributed by atoms with van der Waals surface area (Å²) in [7, 11) is 1.87. The van der Waals surface area contributed by atoms with E-state index in [0.29, 0.717) is 0 Å². The SMILES string of the molecule is CNCC(C)C(=O)NCC1(c2cccc(Br)c2)CCC1.Cl. The Labute approximate surface area is 141 Å². The highest BCUT2D eigenvalue weighted by Crippen LogP contribution is 2.43. The van der Waals surface area contributed by atoms with E-state index in [-0.39, 0.29) is 29.6 Å². The Hall–Kier alpha value is -0.580. The molecule has 1 aromatic rings. The summed E-state index contributed by atoms with van der Waals surface area (Å²) in [5.74, 6) is 0.153. The van der Waals surface area contributed by atoms with E-state index in [1.165, 1.54) is 12.0 Å². The molecule has 0 radical (unpaired) electrons. The predicted molar refractivity (Wildman–Crippen MR) is 93.0 cm³/mol. The maximum Gasteiger partial charge on any atom is 0.224 e. The van der Waals surface area contributed by atoms with Gasteiger partial charge in [0, 0.05) is 28.9 Å². The summed E-state index contributed by atoms with van der Waals surface area (Å²) in [4.78, 5) is 12.1. The third-order valence-corrected chi connectivity index (χ3v) is 4.80. The molecule has 1 fully saturated rings. The Kier molecular flexibility index (Phi) is 7.17. The van der Waals surface area contributed by atoms with E-state index in [2.05, 4.69) is 44.8 Å². The highest BCUT2D eigenvalue weighted by Gasteiger charge is 2.39. The molecule has 1 unspecified atom stereocenters. The zero-order valence-electron chi connectivity index (χ0n) is 12.6. The van der Waals surface area contributed by atoms with Crippen LogP contribution in [-0.2, 0) is 10.2 Å². The topological polar surface area (TPSA) is 41.1 Å². The van der Waals surface area contributed by atoms with E-state index >= 15 is 0 Å². The summed E-state index contributed by atoms with van der Waals surface area (Å²) in [6.45, 7) is 3.42. The summed E-state index contributed by atoms with van der Waals surface area (Å²) in [6, 6.07) is 8.48. The fourth-order valence-electron chi connectivity index (χ4n) is 2.82. The first-order valence-corrected chi connectivity index (χ1v) is 8.05. The monoisotopic (exact) mass is 374 g/mol. The third kappa shape index (κ3) is 4.44. The lowest BCUT2D eigenvalue weighted by Gasteiger charge is -2.43. The Balaban J connectivity index is 0.00000220. The normalized spacial score (nSPS) is 17.3. The Morgan fingerprint density at radius 1 is 1.43 bits per heavy atom. The Morgan fingerprint density at radius 2 is 2.14 bits per heavy atom. The van der Waals surface area contributed by atoms with Crippen LogP contribution in [0.15, 0.2) is 28.7 Å². The molecule has 0 aliphatic heterocycles. The van der Waals surface area contributed by atoms with Gasteiger partial charge in [0.15, 0.2) is 0 Å². The van der Waals surface area contributed by atoms with E-state index in [9.17, 15) is 4.79 Å². The van der Waals surface area contributed by atoms with Gasteiger partial charge in [0.2, 0.25) is 5.91 Å². The second-order valence-corrected chi connectivity index (χ2v) is 6.74. The van der Waals surface area contributed by atoms with Gasteiger partial charge in [-0.25, -0.2) is 0 Å². The highest BCUT2D eigenvalue weighted by molar-refractivity contribution is 9.10. The lowest BCUT2D eigenvalue weighted by atomic mass is 9.64. The van der Waals surface area contributed by atoms with Crippen LogP contribution in [0.25, 0.3) is 0 Å². The molecule has 2 N–H and O–H groups in total. The molecule has 0 heterocycles. The van der Waals surface area contributed by atoms with Crippen molar-refractivity contribution in [3.05, 3.63) is 34.3 Å². The van der Waals surface area contributed by atoms with Crippen LogP contribution in [0.2, 0.25) is 0 Å². The van der Waals surface area contributed by atoms with Crippen molar-refractivity contribution in [2.75, 3.05) is 20.1 Å². The summed E-state index contributed by atoms with van der Waals surface area (Å²) in [5, 5.41) is 6.18. The van der Waals surface area contributed by atoms with Gasteiger partial charge in [-0.2, -0.15) is 0 Å². The number of hydrogen-bond donors (Lipinski definition) is 2. The molecule has 0 bridgehead atoms. The van der Waals surface area contributed by atoms with Crippen molar-refractivity contribution in [2.24, 2.45) is 5.92 Å². The van der Waals surface area contributed by atoms with Gasteiger partial charge in [-0.1, -0.05) is 41.4 Å². The van der Waals surface area contributed by atoms with E-state index < -0.39 is 0 Å². The van der Waals surface area contributed by atoms with Crippen LogP contribution in [0.1, 0.15) is 31.7 Å². The van der Waals surface area contributed by atoms with Crippen LogP contribution < -0.4 is 10.6 Å². The molecule has 21 heavy (non-hydrogen) atoms. The number of rotatable bonds is 6. The molecule has 1 aliphatic rings. The van der Waals surface area contributed by atoms with E-state index in [4.69, 9.17) is 0 Å². The number of nitrogens with one attached hydrogen (secondary N) is 2. The molecule has 118 valence electrons. The van der Waals surface area contributed by atoms with E-state index in [0.717, 1.165) is 30.4 Å². The molecule has 3 nitrogen and oxygen atoms in total. The first-order valence-electron chi connectivity index (χ1n) is 7.26. The quantitative estimate of drug-likeness (QED) is 0.801. The molecule has 0 saturated heterocycles. The minimum Gasteiger partial charge on any atom is -0.355 e. The van der Waals surface area contributed by atoms with Crippen LogP contribution >= 0.6 is 28.3 Å². The second kappa shape index (κ2) is 8.16. The summed E-state index contributed by atoms with van der Waals surface area (Å²) in [5.41, 5.74) is 1.47. The number of halogens is 2. The van der Waals surface area contributed by atoms with Gasteiger partial charge in [0.25, 0.3) is 0 Å². The average Bonchev–Trinajstić information content (AvgIpc) is 2.37. The minimum absolute atomic E-state index is 0. The molecule has 1 saturated carbocycles. The van der Waals surface area contributed by atoms with Crippen LogP contribution in [0.4, 0.5) is 0 Å². The first-order chi connectivity index (χ1) is 9.57. The number of carbonyl (C=O) groups excluding carboxylic acids is 1. The lowest BCUT2D eigenvalue weighted by molar-refractivity contribution is -0.124. The molecule has 2 rings (SSSR count). The van der Waals surface area contributed by atoms with Crippen molar-refractivity contribution in [3.63, 3.8) is 0 Å². The Morgan fingerprint density at radius 3 is 2.67 bits per heavy atom. The fraction of sp³-hybridized carbons (Fsp3) is 0.562. The third-order valence-electron chi connectivity index (χ3n) is 4.31. The minimum atomic E-state index is 0. The maximum atomic E-state index is 12.1. The number of benzene rings is 1. The van der Waals surface area contributed by atoms with E-state index in [1.807, 2.05) is 20.0 Å². The van der Waals surface area contributed by atoms with Gasteiger partial charge < -0.3 is 10.6 Å². The molecular weight excluding hydrogens is 352 g/mol. The van der Waals surface area contributed by atoms with E-state index in [1.54, 1.807) is 0 Å². The zero-order valence-corrected chi connectivity index (χ0v) is 15.0.